The third kappa shape index (κ3) is 5.91. The Morgan fingerprint density at radius 1 is 1.16 bits per heavy atom. The molecule has 0 bridgehead atoms. The number of halogens is 1. The van der Waals surface area contributed by atoms with Crippen molar-refractivity contribution in [2.45, 2.75) is 25.9 Å². The zero-order valence-electron chi connectivity index (χ0n) is 13.9. The lowest BCUT2D eigenvalue weighted by Crippen LogP contribution is -2.26. The molecule has 0 heterocycles. The van der Waals surface area contributed by atoms with Crippen LogP contribution in [0.1, 0.15) is 30.1 Å². The smallest absolute Gasteiger partial charge is 0.307 e. The number of amides is 1. The Bertz CT molecular complexity index is 730. The molecule has 0 saturated heterocycles. The summed E-state index contributed by atoms with van der Waals surface area (Å²) in [5.74, 6) is -1.10. The Morgan fingerprint density at radius 2 is 1.88 bits per heavy atom. The fourth-order valence-corrected chi connectivity index (χ4v) is 2.23. The number of primary amides is 1. The van der Waals surface area contributed by atoms with E-state index < -0.39 is 23.8 Å². The van der Waals surface area contributed by atoms with Crippen LogP contribution >= 0.6 is 0 Å². The highest BCUT2D eigenvalue weighted by Crippen LogP contribution is 2.19. The maximum atomic E-state index is 12.9. The number of benzene rings is 2. The first-order valence-corrected chi connectivity index (χ1v) is 7.89. The molecular formula is C19H20FNO4. The number of ether oxygens (including phenoxy) is 2. The van der Waals surface area contributed by atoms with Crippen molar-refractivity contribution in [1.29, 1.82) is 0 Å². The maximum Gasteiger partial charge on any atom is 0.307 e. The first-order chi connectivity index (χ1) is 12.0. The van der Waals surface area contributed by atoms with Crippen LogP contribution in [0.4, 0.5) is 4.39 Å². The van der Waals surface area contributed by atoms with Crippen LogP contribution in [0.15, 0.2) is 48.5 Å². The van der Waals surface area contributed by atoms with E-state index in [0.29, 0.717) is 18.6 Å². The predicted octanol–water partition coefficient (Wildman–Crippen LogP) is 3.06. The molecule has 25 heavy (non-hydrogen) atoms. The molecule has 0 spiro atoms. The minimum absolute atomic E-state index is 0.0801. The molecule has 0 aromatic heterocycles. The van der Waals surface area contributed by atoms with Gasteiger partial charge in [-0.2, -0.15) is 0 Å². The van der Waals surface area contributed by atoms with Gasteiger partial charge in [0.1, 0.15) is 11.6 Å². The van der Waals surface area contributed by atoms with E-state index in [4.69, 9.17) is 15.2 Å². The molecule has 1 unspecified atom stereocenters. The second-order valence-corrected chi connectivity index (χ2v) is 5.59. The van der Waals surface area contributed by atoms with Crippen molar-refractivity contribution in [3.8, 4) is 5.75 Å². The van der Waals surface area contributed by atoms with Gasteiger partial charge in [0.25, 0.3) is 5.91 Å². The van der Waals surface area contributed by atoms with Gasteiger partial charge >= 0.3 is 5.97 Å². The van der Waals surface area contributed by atoms with Crippen LogP contribution in [0, 0.1) is 12.7 Å². The Morgan fingerprint density at radius 3 is 2.52 bits per heavy atom. The second kappa shape index (κ2) is 8.82. The molecule has 0 radical (unpaired) electrons. The molecule has 1 atom stereocenters. The lowest BCUT2D eigenvalue weighted by Gasteiger charge is -2.15. The summed E-state index contributed by atoms with van der Waals surface area (Å²) in [7, 11) is 0. The zero-order chi connectivity index (χ0) is 18.2. The standard InChI is InChI=1S/C19H20FNO4/c1-13-4-2-5-16(12-13)24-11-3-6-17(22)25-18(19(21)23)14-7-9-15(20)10-8-14/h2,4-5,7-10,12,18H,3,6,11H2,1H3,(H2,21,23). The van der Waals surface area contributed by atoms with Crippen molar-refractivity contribution in [3.63, 3.8) is 0 Å². The molecule has 132 valence electrons. The summed E-state index contributed by atoms with van der Waals surface area (Å²) in [5, 5.41) is 0. The molecule has 0 aliphatic carbocycles. The summed E-state index contributed by atoms with van der Waals surface area (Å²) in [4.78, 5) is 23.4. The Labute approximate surface area is 145 Å². The topological polar surface area (TPSA) is 78.6 Å². The van der Waals surface area contributed by atoms with E-state index in [1.807, 2.05) is 31.2 Å². The molecular weight excluding hydrogens is 325 g/mol. The van der Waals surface area contributed by atoms with Crippen molar-refractivity contribution in [3.05, 3.63) is 65.5 Å². The van der Waals surface area contributed by atoms with E-state index in [1.54, 1.807) is 0 Å². The molecule has 2 rings (SSSR count). The fraction of sp³-hybridized carbons (Fsp3) is 0.263. The Balaban J connectivity index is 1.81. The van der Waals surface area contributed by atoms with E-state index in [2.05, 4.69) is 0 Å². The lowest BCUT2D eigenvalue weighted by molar-refractivity contribution is -0.155. The summed E-state index contributed by atoms with van der Waals surface area (Å²) in [6, 6.07) is 12.7. The molecule has 1 amide bonds. The molecule has 0 aliphatic heterocycles. The molecule has 0 fully saturated rings. The maximum absolute atomic E-state index is 12.9. The fourth-order valence-electron chi connectivity index (χ4n) is 2.23. The van der Waals surface area contributed by atoms with Gasteiger partial charge < -0.3 is 15.2 Å². The highest BCUT2D eigenvalue weighted by Gasteiger charge is 2.22. The molecule has 5 nitrogen and oxygen atoms in total. The highest BCUT2D eigenvalue weighted by molar-refractivity contribution is 5.83. The van der Waals surface area contributed by atoms with Crippen molar-refractivity contribution in [2.24, 2.45) is 5.73 Å². The third-order valence-electron chi connectivity index (χ3n) is 3.46. The summed E-state index contributed by atoms with van der Waals surface area (Å²) >= 11 is 0. The van der Waals surface area contributed by atoms with E-state index in [-0.39, 0.29) is 6.42 Å². The van der Waals surface area contributed by atoms with Gasteiger partial charge in [-0.3, -0.25) is 9.59 Å². The number of carbonyl (C=O) groups excluding carboxylic acids is 2. The number of aryl methyl sites for hydroxylation is 1. The van der Waals surface area contributed by atoms with Gasteiger partial charge in [-0.05, 0) is 43.2 Å². The van der Waals surface area contributed by atoms with E-state index >= 15 is 0 Å². The number of rotatable bonds is 8. The van der Waals surface area contributed by atoms with Gasteiger partial charge in [-0.1, -0.05) is 24.3 Å². The number of hydrogen-bond donors (Lipinski definition) is 1. The summed E-state index contributed by atoms with van der Waals surface area (Å²) in [6.07, 6.45) is -0.718. The van der Waals surface area contributed by atoms with Gasteiger partial charge in [0.15, 0.2) is 0 Å². The number of nitrogens with two attached hydrogens (primary N) is 1. The molecule has 2 N–H and O–H groups in total. The van der Waals surface area contributed by atoms with Crippen LogP contribution in [0.3, 0.4) is 0 Å². The van der Waals surface area contributed by atoms with Crippen molar-refractivity contribution in [1.82, 2.24) is 0 Å². The zero-order valence-corrected chi connectivity index (χ0v) is 13.9. The first-order valence-electron chi connectivity index (χ1n) is 7.89. The van der Waals surface area contributed by atoms with Crippen molar-refractivity contribution >= 4 is 11.9 Å². The molecule has 6 heteroatoms. The van der Waals surface area contributed by atoms with Gasteiger partial charge in [0.05, 0.1) is 6.61 Å². The molecule has 0 aliphatic rings. The van der Waals surface area contributed by atoms with Crippen molar-refractivity contribution in [2.75, 3.05) is 6.61 Å². The minimum Gasteiger partial charge on any atom is -0.494 e. The summed E-state index contributed by atoms with van der Waals surface area (Å²) in [5.41, 5.74) is 6.68. The van der Waals surface area contributed by atoms with Gasteiger partial charge in [-0.15, -0.1) is 0 Å². The van der Waals surface area contributed by atoms with Gasteiger partial charge in [0, 0.05) is 12.0 Å². The average Bonchev–Trinajstić information content (AvgIpc) is 2.57. The first kappa shape index (κ1) is 18.4. The van der Waals surface area contributed by atoms with E-state index in [9.17, 15) is 14.0 Å². The summed E-state index contributed by atoms with van der Waals surface area (Å²) < 4.78 is 23.6. The molecule has 2 aromatic rings. The average molecular weight is 345 g/mol. The van der Waals surface area contributed by atoms with Crippen LogP contribution in [0.5, 0.6) is 5.75 Å². The van der Waals surface area contributed by atoms with Crippen LogP contribution in [0.25, 0.3) is 0 Å². The quantitative estimate of drug-likeness (QED) is 0.589. The highest BCUT2D eigenvalue weighted by atomic mass is 19.1. The number of hydrogen-bond acceptors (Lipinski definition) is 4. The van der Waals surface area contributed by atoms with Crippen molar-refractivity contribution < 1.29 is 23.5 Å². The predicted molar refractivity (Wildman–Crippen MR) is 90.3 cm³/mol. The number of esters is 1. The van der Waals surface area contributed by atoms with Gasteiger partial charge in [0.2, 0.25) is 6.10 Å². The SMILES string of the molecule is Cc1cccc(OCCCC(=O)OC(C(N)=O)c2ccc(F)cc2)c1. The van der Waals surface area contributed by atoms with Gasteiger partial charge in [-0.25, -0.2) is 4.39 Å². The second-order valence-electron chi connectivity index (χ2n) is 5.59. The molecule has 2 aromatic carbocycles. The van der Waals surface area contributed by atoms with E-state index in [1.165, 1.54) is 24.3 Å². The monoisotopic (exact) mass is 345 g/mol. The van der Waals surface area contributed by atoms with Crippen LogP contribution in [0.2, 0.25) is 0 Å². The Kier molecular flexibility index (Phi) is 6.51. The number of carbonyl (C=O) groups is 2. The van der Waals surface area contributed by atoms with Crippen LogP contribution in [-0.4, -0.2) is 18.5 Å². The third-order valence-corrected chi connectivity index (χ3v) is 3.46. The van der Waals surface area contributed by atoms with Crippen LogP contribution < -0.4 is 10.5 Å². The largest absolute Gasteiger partial charge is 0.494 e. The Hall–Kier alpha value is -2.89. The summed E-state index contributed by atoms with van der Waals surface area (Å²) in [6.45, 7) is 2.31. The van der Waals surface area contributed by atoms with Crippen LogP contribution in [-0.2, 0) is 14.3 Å². The normalized spacial score (nSPS) is 11.6. The molecule has 0 saturated carbocycles. The minimum atomic E-state index is -1.23. The van der Waals surface area contributed by atoms with E-state index in [0.717, 1.165) is 11.3 Å². The lowest BCUT2D eigenvalue weighted by atomic mass is 10.1.